The van der Waals surface area contributed by atoms with Gasteiger partial charge in [-0.2, -0.15) is 5.10 Å². The maximum atomic E-state index is 11.5. The van der Waals surface area contributed by atoms with Crippen molar-refractivity contribution in [2.24, 2.45) is 7.05 Å². The van der Waals surface area contributed by atoms with Gasteiger partial charge in [0.1, 0.15) is 0 Å². The standard InChI is InChI=1S/C11H16N2O3/c1-13-7-8(6-12-13)11(10(15)16)4-2-9(14)3-5-11/h6-7,9,14H,2-5H2,1H3,(H,15,16). The quantitative estimate of drug-likeness (QED) is 0.774. The highest BCUT2D eigenvalue weighted by molar-refractivity contribution is 5.81. The maximum Gasteiger partial charge on any atom is 0.314 e. The van der Waals surface area contributed by atoms with Gasteiger partial charge < -0.3 is 10.2 Å². The number of aryl methyl sites for hydroxylation is 1. The van der Waals surface area contributed by atoms with Gasteiger partial charge in [-0.1, -0.05) is 0 Å². The van der Waals surface area contributed by atoms with Gasteiger partial charge in [0.25, 0.3) is 0 Å². The highest BCUT2D eigenvalue weighted by atomic mass is 16.4. The Kier molecular flexibility index (Phi) is 2.71. The van der Waals surface area contributed by atoms with Crippen LogP contribution in [0.2, 0.25) is 0 Å². The summed E-state index contributed by atoms with van der Waals surface area (Å²) in [5, 5.41) is 22.9. The van der Waals surface area contributed by atoms with Crippen molar-refractivity contribution in [1.82, 2.24) is 9.78 Å². The normalized spacial score (nSPS) is 30.2. The number of carboxylic acid groups (broad SMARTS) is 1. The molecule has 0 atom stereocenters. The van der Waals surface area contributed by atoms with Crippen LogP contribution < -0.4 is 0 Å². The summed E-state index contributed by atoms with van der Waals surface area (Å²) in [6, 6.07) is 0. The summed E-state index contributed by atoms with van der Waals surface area (Å²) in [6.45, 7) is 0. The number of carboxylic acids is 1. The molecule has 1 aromatic heterocycles. The van der Waals surface area contributed by atoms with Crippen LogP contribution >= 0.6 is 0 Å². The average Bonchev–Trinajstić information content (AvgIpc) is 2.66. The van der Waals surface area contributed by atoms with Crippen molar-refractivity contribution >= 4 is 5.97 Å². The smallest absolute Gasteiger partial charge is 0.314 e. The second-order valence-corrected chi connectivity index (χ2v) is 4.52. The molecule has 5 heteroatoms. The summed E-state index contributed by atoms with van der Waals surface area (Å²) in [5.41, 5.74) is -0.109. The number of rotatable bonds is 2. The Balaban J connectivity index is 2.33. The van der Waals surface area contributed by atoms with E-state index in [2.05, 4.69) is 5.10 Å². The third-order valence-corrected chi connectivity index (χ3v) is 3.48. The predicted octanol–water partition coefficient (Wildman–Crippen LogP) is 0.677. The lowest BCUT2D eigenvalue weighted by molar-refractivity contribution is -0.146. The molecule has 0 saturated heterocycles. The van der Waals surface area contributed by atoms with Crippen LogP contribution in [0.3, 0.4) is 0 Å². The van der Waals surface area contributed by atoms with Crippen molar-refractivity contribution in [2.75, 3.05) is 0 Å². The number of nitrogens with zero attached hydrogens (tertiary/aromatic N) is 2. The van der Waals surface area contributed by atoms with Crippen LogP contribution in [-0.2, 0) is 17.3 Å². The minimum absolute atomic E-state index is 0.357. The average molecular weight is 224 g/mol. The third kappa shape index (κ3) is 1.71. The van der Waals surface area contributed by atoms with Gasteiger partial charge in [0.05, 0.1) is 17.7 Å². The second-order valence-electron chi connectivity index (χ2n) is 4.52. The van der Waals surface area contributed by atoms with E-state index in [1.165, 1.54) is 0 Å². The Hall–Kier alpha value is -1.36. The van der Waals surface area contributed by atoms with Crippen LogP contribution in [0.5, 0.6) is 0 Å². The van der Waals surface area contributed by atoms with E-state index in [-0.39, 0.29) is 6.10 Å². The van der Waals surface area contributed by atoms with E-state index in [0.717, 1.165) is 5.56 Å². The Morgan fingerprint density at radius 3 is 2.62 bits per heavy atom. The van der Waals surface area contributed by atoms with Crippen molar-refractivity contribution in [3.8, 4) is 0 Å². The van der Waals surface area contributed by atoms with Gasteiger partial charge in [-0.05, 0) is 25.7 Å². The van der Waals surface area contributed by atoms with Crippen molar-refractivity contribution in [3.05, 3.63) is 18.0 Å². The molecule has 5 nitrogen and oxygen atoms in total. The van der Waals surface area contributed by atoms with Crippen molar-refractivity contribution in [1.29, 1.82) is 0 Å². The van der Waals surface area contributed by atoms with E-state index >= 15 is 0 Å². The monoisotopic (exact) mass is 224 g/mol. The van der Waals surface area contributed by atoms with Crippen LogP contribution in [-0.4, -0.2) is 32.1 Å². The predicted molar refractivity (Wildman–Crippen MR) is 57.0 cm³/mol. The summed E-state index contributed by atoms with van der Waals surface area (Å²) < 4.78 is 1.62. The molecule has 0 amide bonds. The summed E-state index contributed by atoms with van der Waals surface area (Å²) in [7, 11) is 1.77. The van der Waals surface area contributed by atoms with E-state index < -0.39 is 11.4 Å². The minimum Gasteiger partial charge on any atom is -0.481 e. The first-order chi connectivity index (χ1) is 7.54. The number of aromatic nitrogens is 2. The van der Waals surface area contributed by atoms with Gasteiger partial charge >= 0.3 is 5.97 Å². The molecule has 1 aliphatic rings. The fourth-order valence-electron chi connectivity index (χ4n) is 2.39. The lowest BCUT2D eigenvalue weighted by Gasteiger charge is -2.34. The van der Waals surface area contributed by atoms with E-state index in [4.69, 9.17) is 0 Å². The summed E-state index contributed by atoms with van der Waals surface area (Å²) >= 11 is 0. The molecule has 2 N–H and O–H groups in total. The lowest BCUT2D eigenvalue weighted by Crippen LogP contribution is -2.40. The van der Waals surface area contributed by atoms with Crippen molar-refractivity contribution in [3.63, 3.8) is 0 Å². The largest absolute Gasteiger partial charge is 0.481 e. The molecule has 1 aliphatic carbocycles. The molecular weight excluding hydrogens is 208 g/mol. The van der Waals surface area contributed by atoms with Gasteiger partial charge in [-0.3, -0.25) is 9.48 Å². The SMILES string of the molecule is Cn1cc(C2(C(=O)O)CCC(O)CC2)cn1. The molecule has 1 heterocycles. The number of aliphatic carboxylic acids is 1. The molecule has 16 heavy (non-hydrogen) atoms. The number of hydrogen-bond acceptors (Lipinski definition) is 3. The fourth-order valence-corrected chi connectivity index (χ4v) is 2.39. The van der Waals surface area contributed by atoms with Gasteiger partial charge in [-0.25, -0.2) is 0 Å². The summed E-state index contributed by atoms with van der Waals surface area (Å²) in [5.74, 6) is -0.813. The van der Waals surface area contributed by atoms with Gasteiger partial charge in [0.15, 0.2) is 0 Å². The number of aliphatic hydroxyl groups is 1. The maximum absolute atomic E-state index is 11.5. The van der Waals surface area contributed by atoms with Crippen LogP contribution in [0, 0.1) is 0 Å². The zero-order chi connectivity index (χ0) is 11.8. The zero-order valence-electron chi connectivity index (χ0n) is 9.26. The summed E-state index contributed by atoms with van der Waals surface area (Å²) in [6.07, 6.45) is 5.06. The molecular formula is C11H16N2O3. The van der Waals surface area contributed by atoms with E-state index in [1.807, 2.05) is 0 Å². The Labute approximate surface area is 93.7 Å². The van der Waals surface area contributed by atoms with Crippen LogP contribution in [0.15, 0.2) is 12.4 Å². The van der Waals surface area contributed by atoms with Gasteiger partial charge in [0, 0.05) is 18.8 Å². The molecule has 88 valence electrons. The molecule has 0 radical (unpaired) electrons. The summed E-state index contributed by atoms with van der Waals surface area (Å²) in [4.78, 5) is 11.5. The first kappa shape index (κ1) is 11.1. The molecule has 0 bridgehead atoms. The molecule has 2 rings (SSSR count). The van der Waals surface area contributed by atoms with Gasteiger partial charge in [0.2, 0.25) is 0 Å². The number of carbonyl (C=O) groups is 1. The minimum atomic E-state index is -0.854. The van der Waals surface area contributed by atoms with Crippen LogP contribution in [0.1, 0.15) is 31.2 Å². The zero-order valence-corrected chi connectivity index (χ0v) is 9.26. The topological polar surface area (TPSA) is 75.4 Å². The highest BCUT2D eigenvalue weighted by Gasteiger charge is 2.44. The molecule has 0 spiro atoms. The second kappa shape index (κ2) is 3.90. The van der Waals surface area contributed by atoms with E-state index in [0.29, 0.717) is 25.7 Å². The first-order valence-corrected chi connectivity index (χ1v) is 5.45. The highest BCUT2D eigenvalue weighted by Crippen LogP contribution is 2.39. The van der Waals surface area contributed by atoms with Crippen molar-refractivity contribution in [2.45, 2.75) is 37.2 Å². The third-order valence-electron chi connectivity index (χ3n) is 3.48. The lowest BCUT2D eigenvalue weighted by atomic mass is 9.69. The Morgan fingerprint density at radius 1 is 1.56 bits per heavy atom. The fraction of sp³-hybridized carbons (Fsp3) is 0.636. The Bertz CT molecular complexity index is 392. The molecule has 0 unspecified atom stereocenters. The van der Waals surface area contributed by atoms with Crippen LogP contribution in [0.4, 0.5) is 0 Å². The van der Waals surface area contributed by atoms with Crippen LogP contribution in [0.25, 0.3) is 0 Å². The van der Waals surface area contributed by atoms with Gasteiger partial charge in [-0.15, -0.1) is 0 Å². The number of hydrogen-bond donors (Lipinski definition) is 2. The number of aliphatic hydroxyl groups excluding tert-OH is 1. The Morgan fingerprint density at radius 2 is 2.19 bits per heavy atom. The molecule has 1 aromatic rings. The first-order valence-electron chi connectivity index (χ1n) is 5.45. The van der Waals surface area contributed by atoms with Crippen molar-refractivity contribution < 1.29 is 15.0 Å². The molecule has 0 aromatic carbocycles. The molecule has 0 aliphatic heterocycles. The van der Waals surface area contributed by atoms with E-state index in [9.17, 15) is 15.0 Å². The molecule has 1 saturated carbocycles. The van der Waals surface area contributed by atoms with E-state index in [1.54, 1.807) is 24.1 Å². The molecule has 1 fully saturated rings.